The minimum atomic E-state index is -0.655. The number of aliphatic hydroxyl groups is 1. The van der Waals surface area contributed by atoms with Crippen molar-refractivity contribution < 1.29 is 14.4 Å². The number of nitrogens with zero attached hydrogens (tertiary/aromatic N) is 4. The summed E-state index contributed by atoms with van der Waals surface area (Å²) >= 11 is 0. The zero-order valence-electron chi connectivity index (χ0n) is 17.1. The van der Waals surface area contributed by atoms with Crippen molar-refractivity contribution in [1.82, 2.24) is 19.7 Å². The number of aliphatic hydroxyl groups excluding tert-OH is 1. The van der Waals surface area contributed by atoms with Crippen LogP contribution in [-0.2, 0) is 6.54 Å². The standard InChI is InChI=1S/C24H20N4O3/c1-16(29)22-10-7-19(14-26-22)4-3-18-5-8-20(9-6-18)23-13-21(27-31-23)15-28-12-11-25-24(28)17(2)30/h5-14,17,30H,15H2,1-2H3. The van der Waals surface area contributed by atoms with E-state index in [2.05, 4.69) is 27.0 Å². The van der Waals surface area contributed by atoms with Crippen molar-refractivity contribution >= 4 is 5.78 Å². The Morgan fingerprint density at radius 3 is 2.55 bits per heavy atom. The fraction of sp³-hybridized carbons (Fsp3) is 0.167. The topological polar surface area (TPSA) is 94.0 Å². The molecule has 7 nitrogen and oxygen atoms in total. The summed E-state index contributed by atoms with van der Waals surface area (Å²) in [7, 11) is 0. The van der Waals surface area contributed by atoms with Crippen LogP contribution in [0, 0.1) is 11.8 Å². The Morgan fingerprint density at radius 1 is 1.13 bits per heavy atom. The minimum Gasteiger partial charge on any atom is -0.385 e. The number of ketones is 1. The molecule has 0 spiro atoms. The molecule has 154 valence electrons. The highest BCUT2D eigenvalue weighted by atomic mass is 16.5. The fourth-order valence-corrected chi connectivity index (χ4v) is 3.06. The Labute approximate surface area is 179 Å². The SMILES string of the molecule is CC(=O)c1ccc(C#Cc2ccc(-c3cc(Cn4ccnc4C(C)O)no3)cc2)cn1. The van der Waals surface area contributed by atoms with Crippen LogP contribution in [0.1, 0.15) is 53.1 Å². The summed E-state index contributed by atoms with van der Waals surface area (Å²) in [6.07, 6.45) is 4.39. The Bertz CT molecular complexity index is 1260. The fourth-order valence-electron chi connectivity index (χ4n) is 3.06. The molecule has 4 aromatic rings. The third-order valence-corrected chi connectivity index (χ3v) is 4.66. The molecule has 0 aliphatic heterocycles. The van der Waals surface area contributed by atoms with E-state index >= 15 is 0 Å². The summed E-state index contributed by atoms with van der Waals surface area (Å²) in [5.41, 5.74) is 3.64. The molecule has 0 saturated heterocycles. The number of imidazole rings is 1. The van der Waals surface area contributed by atoms with Crippen LogP contribution in [0.4, 0.5) is 0 Å². The van der Waals surface area contributed by atoms with Gasteiger partial charge in [-0.05, 0) is 43.3 Å². The van der Waals surface area contributed by atoms with Crippen molar-refractivity contribution in [2.45, 2.75) is 26.5 Å². The van der Waals surface area contributed by atoms with Gasteiger partial charge in [0.25, 0.3) is 0 Å². The van der Waals surface area contributed by atoms with Crippen molar-refractivity contribution in [3.05, 3.63) is 89.4 Å². The Kier molecular flexibility index (Phi) is 5.74. The van der Waals surface area contributed by atoms with Crippen LogP contribution in [0.25, 0.3) is 11.3 Å². The monoisotopic (exact) mass is 412 g/mol. The maximum Gasteiger partial charge on any atom is 0.178 e. The van der Waals surface area contributed by atoms with Gasteiger partial charge in [-0.25, -0.2) is 4.98 Å². The third-order valence-electron chi connectivity index (χ3n) is 4.66. The molecule has 3 heterocycles. The van der Waals surface area contributed by atoms with E-state index in [4.69, 9.17) is 4.52 Å². The molecular formula is C24H20N4O3. The van der Waals surface area contributed by atoms with Crippen molar-refractivity contribution in [2.24, 2.45) is 0 Å². The molecule has 3 aromatic heterocycles. The highest BCUT2D eigenvalue weighted by molar-refractivity contribution is 5.92. The van der Waals surface area contributed by atoms with Gasteiger partial charge in [0, 0.05) is 48.3 Å². The summed E-state index contributed by atoms with van der Waals surface area (Å²) in [5.74, 6) is 7.29. The molecule has 0 aliphatic carbocycles. The Hall–Kier alpha value is -4.02. The maximum atomic E-state index is 11.3. The molecule has 0 radical (unpaired) electrons. The molecule has 31 heavy (non-hydrogen) atoms. The first kappa shape index (κ1) is 20.3. The number of hydrogen-bond donors (Lipinski definition) is 1. The second-order valence-corrected chi connectivity index (χ2v) is 7.09. The zero-order chi connectivity index (χ0) is 21.8. The number of benzene rings is 1. The van der Waals surface area contributed by atoms with E-state index in [1.807, 2.05) is 34.9 Å². The number of hydrogen-bond acceptors (Lipinski definition) is 6. The molecule has 1 unspecified atom stereocenters. The number of pyridine rings is 1. The van der Waals surface area contributed by atoms with Crippen LogP contribution in [0.2, 0.25) is 0 Å². The predicted molar refractivity (Wildman–Crippen MR) is 114 cm³/mol. The molecule has 1 aromatic carbocycles. The van der Waals surface area contributed by atoms with Gasteiger partial charge in [-0.2, -0.15) is 0 Å². The van der Waals surface area contributed by atoms with Crippen molar-refractivity contribution in [3.8, 4) is 23.2 Å². The van der Waals surface area contributed by atoms with E-state index in [1.54, 1.807) is 37.6 Å². The van der Waals surface area contributed by atoms with E-state index < -0.39 is 6.10 Å². The molecule has 0 fully saturated rings. The number of Topliss-reactive ketones (excluding diaryl/α,β-unsaturated/α-hetero) is 1. The van der Waals surface area contributed by atoms with Gasteiger partial charge in [-0.3, -0.25) is 9.78 Å². The number of carbonyl (C=O) groups is 1. The van der Waals surface area contributed by atoms with Gasteiger partial charge >= 0.3 is 0 Å². The first-order valence-corrected chi connectivity index (χ1v) is 9.74. The van der Waals surface area contributed by atoms with E-state index in [9.17, 15) is 9.90 Å². The molecule has 7 heteroatoms. The van der Waals surface area contributed by atoms with E-state index in [-0.39, 0.29) is 5.78 Å². The maximum absolute atomic E-state index is 11.3. The van der Waals surface area contributed by atoms with E-state index in [1.165, 1.54) is 6.92 Å². The molecule has 0 bridgehead atoms. The molecule has 4 rings (SSSR count). The van der Waals surface area contributed by atoms with Crippen LogP contribution < -0.4 is 0 Å². The van der Waals surface area contributed by atoms with Crippen molar-refractivity contribution in [1.29, 1.82) is 0 Å². The molecule has 1 N–H and O–H groups in total. The first-order valence-electron chi connectivity index (χ1n) is 9.74. The number of carbonyl (C=O) groups excluding carboxylic acids is 1. The van der Waals surface area contributed by atoms with Crippen LogP contribution in [0.5, 0.6) is 0 Å². The normalized spacial score (nSPS) is 11.6. The van der Waals surface area contributed by atoms with Crippen molar-refractivity contribution in [3.63, 3.8) is 0 Å². The largest absolute Gasteiger partial charge is 0.385 e. The summed E-state index contributed by atoms with van der Waals surface area (Å²) in [6, 6.07) is 13.0. The average molecular weight is 412 g/mol. The van der Waals surface area contributed by atoms with Crippen LogP contribution in [0.15, 0.2) is 65.6 Å². The van der Waals surface area contributed by atoms with Crippen molar-refractivity contribution in [2.75, 3.05) is 0 Å². The van der Waals surface area contributed by atoms with Crippen LogP contribution in [0.3, 0.4) is 0 Å². The summed E-state index contributed by atoms with van der Waals surface area (Å²) in [5, 5.41) is 13.9. The third kappa shape index (κ3) is 4.77. The second-order valence-electron chi connectivity index (χ2n) is 7.09. The van der Waals surface area contributed by atoms with Gasteiger partial charge in [0.05, 0.1) is 6.54 Å². The Morgan fingerprint density at radius 2 is 1.87 bits per heavy atom. The lowest BCUT2D eigenvalue weighted by Gasteiger charge is -2.07. The zero-order valence-corrected chi connectivity index (χ0v) is 17.1. The number of aromatic nitrogens is 4. The van der Waals surface area contributed by atoms with Gasteiger partial charge in [0.15, 0.2) is 11.5 Å². The summed E-state index contributed by atoms with van der Waals surface area (Å²) < 4.78 is 7.32. The molecule has 0 amide bonds. The lowest BCUT2D eigenvalue weighted by atomic mass is 10.1. The van der Waals surface area contributed by atoms with E-state index in [0.29, 0.717) is 23.8 Å². The van der Waals surface area contributed by atoms with Gasteiger partial charge in [-0.15, -0.1) is 0 Å². The van der Waals surface area contributed by atoms with Crippen LogP contribution >= 0.6 is 0 Å². The smallest absolute Gasteiger partial charge is 0.178 e. The highest BCUT2D eigenvalue weighted by Crippen LogP contribution is 2.22. The quantitative estimate of drug-likeness (QED) is 0.397. The lowest BCUT2D eigenvalue weighted by Crippen LogP contribution is -2.07. The van der Waals surface area contributed by atoms with E-state index in [0.717, 1.165) is 22.4 Å². The van der Waals surface area contributed by atoms with Gasteiger partial charge < -0.3 is 14.2 Å². The lowest BCUT2D eigenvalue weighted by molar-refractivity contribution is 0.101. The van der Waals surface area contributed by atoms with Crippen LogP contribution in [-0.4, -0.2) is 30.6 Å². The summed E-state index contributed by atoms with van der Waals surface area (Å²) in [4.78, 5) is 19.5. The molecular weight excluding hydrogens is 392 g/mol. The Balaban J connectivity index is 1.45. The minimum absolute atomic E-state index is 0.0703. The molecule has 0 saturated carbocycles. The summed E-state index contributed by atoms with van der Waals surface area (Å²) in [6.45, 7) is 3.62. The van der Waals surface area contributed by atoms with Gasteiger partial charge in [0.1, 0.15) is 23.3 Å². The predicted octanol–water partition coefficient (Wildman–Crippen LogP) is 3.64. The first-order chi connectivity index (χ1) is 15.0. The molecule has 0 aliphatic rings. The second kappa shape index (κ2) is 8.78. The highest BCUT2D eigenvalue weighted by Gasteiger charge is 2.12. The number of rotatable bonds is 5. The van der Waals surface area contributed by atoms with Gasteiger partial charge in [-0.1, -0.05) is 17.0 Å². The molecule has 1 atom stereocenters. The average Bonchev–Trinajstić information content (AvgIpc) is 3.43. The van der Waals surface area contributed by atoms with Gasteiger partial charge in [0.2, 0.25) is 0 Å².